The molecule has 236 valence electrons. The predicted octanol–water partition coefficient (Wildman–Crippen LogP) is 5.19. The molecular weight excluding hydrogens is 570 g/mol. The van der Waals surface area contributed by atoms with Gasteiger partial charge in [0.25, 0.3) is 5.91 Å². The molecule has 4 aliphatic rings. The van der Waals surface area contributed by atoms with Crippen LogP contribution in [0.15, 0.2) is 59.2 Å². The molecule has 2 fully saturated rings. The SMILES string of the molecule is C.CC1(C)OB(c2ccc3c(c2)/C(=C\c2ccco2)C(=O)N3)OC1(C)C.CC1(C)OB(c2ccc3c(c2)CC(=O)N3)OC1(C)C. The van der Waals surface area contributed by atoms with Gasteiger partial charge in [0.1, 0.15) is 5.76 Å². The highest BCUT2D eigenvalue weighted by atomic mass is 16.7. The summed E-state index contributed by atoms with van der Waals surface area (Å²) < 4.78 is 29.6. The van der Waals surface area contributed by atoms with Gasteiger partial charge in [-0.25, -0.2) is 0 Å². The second-order valence-electron chi connectivity index (χ2n) is 13.7. The number of furan rings is 1. The summed E-state index contributed by atoms with van der Waals surface area (Å²) in [6.45, 7) is 16.2. The normalized spacial score (nSPS) is 22.3. The summed E-state index contributed by atoms with van der Waals surface area (Å²) >= 11 is 0. The van der Waals surface area contributed by atoms with Crippen molar-refractivity contribution in [2.45, 2.75) is 91.6 Å². The highest BCUT2D eigenvalue weighted by Crippen LogP contribution is 2.39. The molecule has 0 atom stereocenters. The van der Waals surface area contributed by atoms with Gasteiger partial charge in [0.05, 0.1) is 40.7 Å². The van der Waals surface area contributed by atoms with Crippen molar-refractivity contribution < 1.29 is 32.6 Å². The number of anilines is 2. The van der Waals surface area contributed by atoms with Crippen LogP contribution in [0.4, 0.5) is 11.4 Å². The van der Waals surface area contributed by atoms with Crippen molar-refractivity contribution in [1.82, 2.24) is 0 Å². The molecule has 1 aromatic heterocycles. The average molecular weight is 612 g/mol. The summed E-state index contributed by atoms with van der Waals surface area (Å²) in [5, 5.41) is 5.71. The third-order valence-corrected chi connectivity index (χ3v) is 9.46. The Bertz CT molecular complexity index is 1630. The molecule has 0 spiro atoms. The number of benzene rings is 2. The van der Waals surface area contributed by atoms with E-state index >= 15 is 0 Å². The number of hydrogen-bond donors (Lipinski definition) is 2. The molecule has 2 aromatic carbocycles. The molecule has 0 bridgehead atoms. The number of hydrogen-bond acceptors (Lipinski definition) is 7. The predicted molar refractivity (Wildman–Crippen MR) is 179 cm³/mol. The van der Waals surface area contributed by atoms with Crippen molar-refractivity contribution in [3.63, 3.8) is 0 Å². The highest BCUT2D eigenvalue weighted by Gasteiger charge is 2.53. The molecule has 5 heterocycles. The van der Waals surface area contributed by atoms with Gasteiger partial charge in [0, 0.05) is 16.9 Å². The number of rotatable bonds is 3. The van der Waals surface area contributed by atoms with Crippen LogP contribution in [0.3, 0.4) is 0 Å². The summed E-state index contributed by atoms with van der Waals surface area (Å²) in [5.74, 6) is 0.539. The molecule has 45 heavy (non-hydrogen) atoms. The van der Waals surface area contributed by atoms with E-state index in [0.717, 1.165) is 33.4 Å². The van der Waals surface area contributed by atoms with Gasteiger partial charge in [-0.15, -0.1) is 0 Å². The zero-order valence-corrected chi connectivity index (χ0v) is 26.5. The van der Waals surface area contributed by atoms with E-state index in [1.807, 2.05) is 97.9 Å². The molecule has 2 amide bonds. The van der Waals surface area contributed by atoms with Gasteiger partial charge in [-0.2, -0.15) is 0 Å². The molecule has 0 radical (unpaired) electrons. The Balaban J connectivity index is 0.000000180. The van der Waals surface area contributed by atoms with Gasteiger partial charge in [-0.05, 0) is 102 Å². The molecule has 3 aromatic rings. The Morgan fingerprint density at radius 3 is 1.78 bits per heavy atom. The van der Waals surface area contributed by atoms with Gasteiger partial charge in [0.15, 0.2) is 0 Å². The fourth-order valence-corrected chi connectivity index (χ4v) is 5.37. The van der Waals surface area contributed by atoms with Gasteiger partial charge in [0.2, 0.25) is 5.91 Å². The van der Waals surface area contributed by atoms with Gasteiger partial charge < -0.3 is 33.7 Å². The Morgan fingerprint density at radius 2 is 1.24 bits per heavy atom. The Morgan fingerprint density at radius 1 is 0.711 bits per heavy atom. The maximum Gasteiger partial charge on any atom is 0.494 e. The van der Waals surface area contributed by atoms with Crippen LogP contribution in [0.5, 0.6) is 0 Å². The zero-order valence-electron chi connectivity index (χ0n) is 26.5. The third kappa shape index (κ3) is 6.02. The molecular formula is C34H42B2N2O7. The minimum atomic E-state index is -0.462. The fraction of sp³-hybridized carbons (Fsp3) is 0.412. The molecule has 0 unspecified atom stereocenters. The van der Waals surface area contributed by atoms with E-state index in [-0.39, 0.29) is 37.6 Å². The largest absolute Gasteiger partial charge is 0.494 e. The lowest BCUT2D eigenvalue weighted by Gasteiger charge is -2.32. The van der Waals surface area contributed by atoms with E-state index in [2.05, 4.69) is 10.6 Å². The molecule has 2 N–H and O–H groups in total. The molecule has 11 heteroatoms. The summed E-state index contributed by atoms with van der Waals surface area (Å²) in [6, 6.07) is 15.2. The summed E-state index contributed by atoms with van der Waals surface area (Å²) in [4.78, 5) is 23.7. The van der Waals surface area contributed by atoms with E-state index in [4.69, 9.17) is 23.0 Å². The Hall–Kier alpha value is -3.63. The van der Waals surface area contributed by atoms with Crippen molar-refractivity contribution in [1.29, 1.82) is 0 Å². The van der Waals surface area contributed by atoms with Crippen molar-refractivity contribution in [3.05, 3.63) is 71.7 Å². The second-order valence-corrected chi connectivity index (χ2v) is 13.7. The van der Waals surface area contributed by atoms with Crippen LogP contribution >= 0.6 is 0 Å². The molecule has 4 aliphatic heterocycles. The van der Waals surface area contributed by atoms with Gasteiger partial charge in [-0.1, -0.05) is 31.7 Å². The van der Waals surface area contributed by atoms with E-state index in [0.29, 0.717) is 17.8 Å². The summed E-state index contributed by atoms with van der Waals surface area (Å²) in [6.07, 6.45) is 3.76. The van der Waals surface area contributed by atoms with Crippen molar-refractivity contribution in [2.75, 3.05) is 10.6 Å². The highest BCUT2D eigenvalue weighted by molar-refractivity contribution is 6.62. The molecule has 9 nitrogen and oxygen atoms in total. The zero-order chi connectivity index (χ0) is 31.7. The Labute approximate surface area is 266 Å². The lowest BCUT2D eigenvalue weighted by molar-refractivity contribution is -0.115. The molecule has 7 rings (SSSR count). The first kappa shape index (κ1) is 32.8. The number of nitrogens with one attached hydrogen (secondary N) is 2. The fourth-order valence-electron chi connectivity index (χ4n) is 5.37. The van der Waals surface area contributed by atoms with Crippen LogP contribution in [0.2, 0.25) is 0 Å². The van der Waals surface area contributed by atoms with E-state index in [1.54, 1.807) is 18.4 Å². The number of carbonyl (C=O) groups excluding carboxylic acids is 2. The maximum absolute atomic E-state index is 12.3. The van der Waals surface area contributed by atoms with Crippen LogP contribution < -0.4 is 21.6 Å². The topological polar surface area (TPSA) is 108 Å². The minimum Gasteiger partial charge on any atom is -0.465 e. The molecule has 0 saturated carbocycles. The van der Waals surface area contributed by atoms with Crippen LogP contribution in [-0.4, -0.2) is 48.5 Å². The smallest absolute Gasteiger partial charge is 0.465 e. The lowest BCUT2D eigenvalue weighted by Crippen LogP contribution is -2.41. The second kappa shape index (κ2) is 11.3. The third-order valence-electron chi connectivity index (χ3n) is 9.46. The number of amides is 2. The van der Waals surface area contributed by atoms with Crippen molar-refractivity contribution in [2.24, 2.45) is 0 Å². The number of fused-ring (bicyclic) bond motifs is 2. The standard InChI is InChI=1S/C19H20BNO4.C14H18BNO3.CH4/c1-18(2)19(3,4)25-20(24-18)12-7-8-16-14(10-12)15(17(22)21-16)11-13-6-5-9-23-13;1-13(2)14(3,4)19-15(18-13)10-5-6-11-9(7-10)8-12(17)16-11;/h5-11H,1-4H3,(H,21,22);5-7H,8H2,1-4H3,(H,16,17);1H4/b15-11+;;. The minimum absolute atomic E-state index is 0. The van der Waals surface area contributed by atoms with Crippen LogP contribution in [-0.2, 0) is 34.6 Å². The molecule has 0 aliphatic carbocycles. The average Bonchev–Trinajstić information content (AvgIpc) is 3.71. The van der Waals surface area contributed by atoms with E-state index < -0.39 is 18.3 Å². The first-order chi connectivity index (χ1) is 20.6. The van der Waals surface area contributed by atoms with Crippen LogP contribution in [0.1, 0.15) is 79.7 Å². The summed E-state index contributed by atoms with van der Waals surface area (Å²) in [7, 11) is -0.832. The van der Waals surface area contributed by atoms with Crippen molar-refractivity contribution >= 4 is 60.0 Å². The first-order valence-corrected chi connectivity index (χ1v) is 14.9. The molecule has 2 saturated heterocycles. The van der Waals surface area contributed by atoms with Gasteiger partial charge in [-0.3, -0.25) is 9.59 Å². The monoisotopic (exact) mass is 612 g/mol. The first-order valence-electron chi connectivity index (χ1n) is 14.9. The van der Waals surface area contributed by atoms with Gasteiger partial charge >= 0.3 is 14.2 Å². The van der Waals surface area contributed by atoms with Crippen molar-refractivity contribution in [3.8, 4) is 0 Å². The quantitative estimate of drug-likeness (QED) is 0.310. The van der Waals surface area contributed by atoms with E-state index in [9.17, 15) is 9.59 Å². The van der Waals surface area contributed by atoms with Crippen LogP contribution in [0, 0.1) is 0 Å². The van der Waals surface area contributed by atoms with E-state index in [1.165, 1.54) is 0 Å². The number of carbonyl (C=O) groups is 2. The van der Waals surface area contributed by atoms with Crippen LogP contribution in [0.25, 0.3) is 11.6 Å². The Kier molecular flexibility index (Phi) is 8.23. The maximum atomic E-state index is 12.3. The summed E-state index contributed by atoms with van der Waals surface area (Å²) in [5.41, 5.74) is 4.45. The lowest BCUT2D eigenvalue weighted by atomic mass is 9.78.